The minimum Gasteiger partial charge on any atom is -0.423 e. The summed E-state index contributed by atoms with van der Waals surface area (Å²) in [6.07, 6.45) is 0. The second-order valence-electron chi connectivity index (χ2n) is 4.36. The van der Waals surface area contributed by atoms with Gasteiger partial charge < -0.3 is 9.32 Å². The molecule has 3 nitrogen and oxygen atoms in total. The van der Waals surface area contributed by atoms with Gasteiger partial charge in [-0.05, 0) is 39.0 Å². The minimum atomic E-state index is -0.303. The summed E-state index contributed by atoms with van der Waals surface area (Å²) in [6.45, 7) is 7.34. The molecule has 0 amide bonds. The largest absolute Gasteiger partial charge is 0.423 e. The average Bonchev–Trinajstić information content (AvgIpc) is 2.29. The van der Waals surface area contributed by atoms with E-state index in [9.17, 15) is 4.79 Å². The monoisotopic (exact) mass is 231 g/mol. The van der Waals surface area contributed by atoms with E-state index in [4.69, 9.17) is 4.42 Å². The van der Waals surface area contributed by atoms with Gasteiger partial charge in [0.1, 0.15) is 5.58 Å². The number of anilines is 1. The van der Waals surface area contributed by atoms with Gasteiger partial charge in [-0.3, -0.25) is 0 Å². The summed E-state index contributed by atoms with van der Waals surface area (Å²) < 4.78 is 5.19. The number of nitrogens with zero attached hydrogens (tertiary/aromatic N) is 1. The molecule has 0 saturated carbocycles. The van der Waals surface area contributed by atoms with Crippen molar-refractivity contribution in [3.63, 3.8) is 0 Å². The van der Waals surface area contributed by atoms with Gasteiger partial charge in [0.25, 0.3) is 0 Å². The predicted octanol–water partition coefficient (Wildman–Crippen LogP) is 3.03. The lowest BCUT2D eigenvalue weighted by Gasteiger charge is -2.27. The summed E-state index contributed by atoms with van der Waals surface area (Å²) in [5.41, 5.74) is 1.43. The van der Waals surface area contributed by atoms with Crippen molar-refractivity contribution >= 4 is 16.7 Å². The highest BCUT2D eigenvalue weighted by Crippen LogP contribution is 2.22. The lowest BCUT2D eigenvalue weighted by atomic mass is 10.2. The first kappa shape index (κ1) is 11.7. The van der Waals surface area contributed by atoms with E-state index >= 15 is 0 Å². The second-order valence-corrected chi connectivity index (χ2v) is 4.36. The molecule has 0 radical (unpaired) electrons. The van der Waals surface area contributed by atoms with Crippen molar-refractivity contribution in [3.8, 4) is 0 Å². The van der Waals surface area contributed by atoms with Crippen LogP contribution in [0.4, 0.5) is 5.69 Å². The Labute approximate surface area is 101 Å². The molecule has 0 aliphatic heterocycles. The Hall–Kier alpha value is -1.77. The van der Waals surface area contributed by atoms with E-state index in [1.54, 1.807) is 6.07 Å². The molecule has 17 heavy (non-hydrogen) atoms. The third-order valence-corrected chi connectivity index (χ3v) is 2.90. The quantitative estimate of drug-likeness (QED) is 0.761. The summed E-state index contributed by atoms with van der Waals surface area (Å²) >= 11 is 0. The SMILES string of the molecule is CCN(c1ccc2ccc(=O)oc2c1)C(C)C. The van der Waals surface area contributed by atoms with Crippen molar-refractivity contribution in [2.75, 3.05) is 11.4 Å². The van der Waals surface area contributed by atoms with Crippen molar-refractivity contribution in [3.05, 3.63) is 40.8 Å². The van der Waals surface area contributed by atoms with Crippen LogP contribution in [0.5, 0.6) is 0 Å². The highest BCUT2D eigenvalue weighted by atomic mass is 16.4. The van der Waals surface area contributed by atoms with Crippen LogP contribution in [-0.4, -0.2) is 12.6 Å². The first-order valence-corrected chi connectivity index (χ1v) is 5.92. The standard InChI is InChI=1S/C14H17NO2/c1-4-15(10(2)3)12-7-5-11-6-8-14(16)17-13(11)9-12/h5-10H,4H2,1-3H3. The first-order chi connectivity index (χ1) is 8.11. The van der Waals surface area contributed by atoms with E-state index in [0.717, 1.165) is 17.6 Å². The van der Waals surface area contributed by atoms with Crippen molar-refractivity contribution in [1.29, 1.82) is 0 Å². The van der Waals surface area contributed by atoms with Crippen LogP contribution >= 0.6 is 0 Å². The fourth-order valence-corrected chi connectivity index (χ4v) is 2.07. The minimum absolute atomic E-state index is 0.303. The zero-order valence-corrected chi connectivity index (χ0v) is 10.4. The van der Waals surface area contributed by atoms with E-state index in [0.29, 0.717) is 11.6 Å². The highest BCUT2D eigenvalue weighted by Gasteiger charge is 2.09. The second kappa shape index (κ2) is 4.62. The molecule has 0 spiro atoms. The van der Waals surface area contributed by atoms with Gasteiger partial charge in [-0.1, -0.05) is 0 Å². The molecule has 1 heterocycles. The van der Waals surface area contributed by atoms with Gasteiger partial charge in [-0.15, -0.1) is 0 Å². The fourth-order valence-electron chi connectivity index (χ4n) is 2.07. The molecule has 0 fully saturated rings. The zero-order chi connectivity index (χ0) is 12.4. The summed E-state index contributed by atoms with van der Waals surface area (Å²) in [5.74, 6) is 0. The fraction of sp³-hybridized carbons (Fsp3) is 0.357. The molecular formula is C14H17NO2. The molecule has 2 aromatic rings. The molecule has 0 N–H and O–H groups in total. The van der Waals surface area contributed by atoms with E-state index in [-0.39, 0.29) is 5.63 Å². The number of rotatable bonds is 3. The molecule has 0 unspecified atom stereocenters. The van der Waals surface area contributed by atoms with Gasteiger partial charge in [0.2, 0.25) is 0 Å². The van der Waals surface area contributed by atoms with Gasteiger partial charge in [0.15, 0.2) is 0 Å². The Morgan fingerprint density at radius 3 is 2.59 bits per heavy atom. The van der Waals surface area contributed by atoms with Gasteiger partial charge >= 0.3 is 5.63 Å². The van der Waals surface area contributed by atoms with Gasteiger partial charge in [-0.2, -0.15) is 0 Å². The smallest absolute Gasteiger partial charge is 0.336 e. The molecule has 0 aliphatic carbocycles. The van der Waals surface area contributed by atoms with Crippen LogP contribution in [0.3, 0.4) is 0 Å². The maximum atomic E-state index is 11.2. The number of hydrogen-bond acceptors (Lipinski definition) is 3. The Kier molecular flexibility index (Phi) is 3.18. The summed E-state index contributed by atoms with van der Waals surface area (Å²) in [7, 11) is 0. The van der Waals surface area contributed by atoms with Crippen LogP contribution in [0.15, 0.2) is 39.5 Å². The third-order valence-electron chi connectivity index (χ3n) is 2.90. The predicted molar refractivity (Wildman–Crippen MR) is 70.6 cm³/mol. The van der Waals surface area contributed by atoms with E-state index in [1.165, 1.54) is 6.07 Å². The van der Waals surface area contributed by atoms with Crippen LogP contribution < -0.4 is 10.5 Å². The number of fused-ring (bicyclic) bond motifs is 1. The van der Waals surface area contributed by atoms with E-state index < -0.39 is 0 Å². The van der Waals surface area contributed by atoms with E-state index in [1.807, 2.05) is 12.1 Å². The molecule has 0 saturated heterocycles. The Balaban J connectivity index is 2.53. The van der Waals surface area contributed by atoms with Gasteiger partial charge in [-0.25, -0.2) is 4.79 Å². The average molecular weight is 231 g/mol. The lowest BCUT2D eigenvalue weighted by molar-refractivity contribution is 0.560. The van der Waals surface area contributed by atoms with Crippen LogP contribution in [0.1, 0.15) is 20.8 Å². The molecule has 0 atom stereocenters. The van der Waals surface area contributed by atoms with Crippen molar-refractivity contribution in [1.82, 2.24) is 0 Å². The maximum absolute atomic E-state index is 11.2. The van der Waals surface area contributed by atoms with Gasteiger partial charge in [0, 0.05) is 35.8 Å². The molecule has 2 rings (SSSR count). The number of hydrogen-bond donors (Lipinski definition) is 0. The molecular weight excluding hydrogens is 214 g/mol. The van der Waals surface area contributed by atoms with Crippen LogP contribution in [0.2, 0.25) is 0 Å². The third kappa shape index (κ3) is 2.33. The molecule has 1 aromatic carbocycles. The Morgan fingerprint density at radius 2 is 1.94 bits per heavy atom. The van der Waals surface area contributed by atoms with Crippen LogP contribution in [-0.2, 0) is 0 Å². The summed E-state index contributed by atoms with van der Waals surface area (Å²) in [4.78, 5) is 13.4. The summed E-state index contributed by atoms with van der Waals surface area (Å²) in [6, 6.07) is 9.64. The van der Waals surface area contributed by atoms with Crippen molar-refractivity contribution < 1.29 is 4.42 Å². The van der Waals surface area contributed by atoms with Crippen molar-refractivity contribution in [2.45, 2.75) is 26.8 Å². The molecule has 0 aliphatic rings. The van der Waals surface area contributed by atoms with Gasteiger partial charge in [0.05, 0.1) is 0 Å². The van der Waals surface area contributed by atoms with Crippen molar-refractivity contribution in [2.24, 2.45) is 0 Å². The maximum Gasteiger partial charge on any atom is 0.336 e. The first-order valence-electron chi connectivity index (χ1n) is 5.92. The zero-order valence-electron chi connectivity index (χ0n) is 10.4. The Bertz CT molecular complexity index is 572. The number of benzene rings is 1. The topological polar surface area (TPSA) is 33.5 Å². The van der Waals surface area contributed by atoms with E-state index in [2.05, 4.69) is 31.7 Å². The van der Waals surface area contributed by atoms with Crippen LogP contribution in [0, 0.1) is 0 Å². The molecule has 1 aromatic heterocycles. The molecule has 0 bridgehead atoms. The summed E-state index contributed by atoms with van der Waals surface area (Å²) in [5, 5.41) is 0.952. The Morgan fingerprint density at radius 1 is 1.24 bits per heavy atom. The molecule has 3 heteroatoms. The highest BCUT2D eigenvalue weighted by molar-refractivity contribution is 5.80. The van der Waals surface area contributed by atoms with Crippen LogP contribution in [0.25, 0.3) is 11.0 Å². The lowest BCUT2D eigenvalue weighted by Crippen LogP contribution is -2.30. The molecule has 90 valence electrons. The normalized spacial score (nSPS) is 11.1.